The molecule has 2 rings (SSSR count). The SMILES string of the molecule is CCc1ccc(N)cc1S(=O)(=O)NCCc1nccn1C. The van der Waals surface area contributed by atoms with Gasteiger partial charge in [0.15, 0.2) is 0 Å². The number of hydrogen-bond donors (Lipinski definition) is 2. The number of hydrogen-bond acceptors (Lipinski definition) is 4. The average Bonchev–Trinajstić information content (AvgIpc) is 2.84. The standard InChI is InChI=1S/C14H20N4O2S/c1-3-11-4-5-12(15)10-13(11)21(19,20)17-7-6-14-16-8-9-18(14)2/h4-5,8-10,17H,3,6-7,15H2,1-2H3. The van der Waals surface area contributed by atoms with Crippen LogP contribution >= 0.6 is 0 Å². The zero-order valence-corrected chi connectivity index (χ0v) is 13.0. The molecular formula is C14H20N4O2S. The molecule has 0 aliphatic rings. The summed E-state index contributed by atoms with van der Waals surface area (Å²) in [6, 6.07) is 4.97. The summed E-state index contributed by atoms with van der Waals surface area (Å²) in [6.07, 6.45) is 4.69. The van der Waals surface area contributed by atoms with Crippen molar-refractivity contribution in [3.05, 3.63) is 42.0 Å². The topological polar surface area (TPSA) is 90.0 Å². The molecule has 0 unspecified atom stereocenters. The number of nitrogens with one attached hydrogen (secondary N) is 1. The molecular weight excluding hydrogens is 288 g/mol. The second-order valence-electron chi connectivity index (χ2n) is 4.82. The Morgan fingerprint density at radius 1 is 1.38 bits per heavy atom. The van der Waals surface area contributed by atoms with E-state index in [1.54, 1.807) is 18.3 Å². The van der Waals surface area contributed by atoms with E-state index in [9.17, 15) is 8.42 Å². The summed E-state index contributed by atoms with van der Waals surface area (Å²) in [4.78, 5) is 4.42. The first-order valence-electron chi connectivity index (χ1n) is 6.78. The first-order valence-corrected chi connectivity index (χ1v) is 8.26. The van der Waals surface area contributed by atoms with Crippen molar-refractivity contribution in [3.63, 3.8) is 0 Å². The molecule has 0 aliphatic heterocycles. The lowest BCUT2D eigenvalue weighted by molar-refractivity contribution is 0.579. The molecule has 0 radical (unpaired) electrons. The summed E-state index contributed by atoms with van der Waals surface area (Å²) in [5, 5.41) is 0. The number of nitrogens with two attached hydrogens (primary N) is 1. The number of anilines is 1. The number of benzene rings is 1. The number of aromatic nitrogens is 2. The molecule has 0 amide bonds. The van der Waals surface area contributed by atoms with E-state index >= 15 is 0 Å². The second kappa shape index (κ2) is 6.28. The molecule has 21 heavy (non-hydrogen) atoms. The maximum Gasteiger partial charge on any atom is 0.240 e. The molecule has 0 aliphatic carbocycles. The monoisotopic (exact) mass is 308 g/mol. The minimum atomic E-state index is -3.56. The molecule has 7 heteroatoms. The van der Waals surface area contributed by atoms with Crippen molar-refractivity contribution in [2.24, 2.45) is 7.05 Å². The third kappa shape index (κ3) is 3.62. The molecule has 0 saturated carbocycles. The van der Waals surface area contributed by atoms with Crippen LogP contribution in [-0.4, -0.2) is 24.5 Å². The van der Waals surface area contributed by atoms with Gasteiger partial charge >= 0.3 is 0 Å². The predicted octanol–water partition coefficient (Wildman–Crippen LogP) is 1.09. The number of nitrogen functional groups attached to an aromatic ring is 1. The first kappa shape index (κ1) is 15.5. The normalized spacial score (nSPS) is 11.7. The van der Waals surface area contributed by atoms with E-state index < -0.39 is 10.0 Å². The van der Waals surface area contributed by atoms with Gasteiger partial charge in [0, 0.05) is 38.1 Å². The lowest BCUT2D eigenvalue weighted by atomic mass is 10.1. The van der Waals surface area contributed by atoms with Gasteiger partial charge in [0.05, 0.1) is 4.90 Å². The highest BCUT2D eigenvalue weighted by Crippen LogP contribution is 2.19. The summed E-state index contributed by atoms with van der Waals surface area (Å²) in [5.41, 5.74) is 6.90. The Hall–Kier alpha value is -1.86. The minimum Gasteiger partial charge on any atom is -0.399 e. The van der Waals surface area contributed by atoms with Gasteiger partial charge in [-0.15, -0.1) is 0 Å². The third-order valence-corrected chi connectivity index (χ3v) is 4.87. The highest BCUT2D eigenvalue weighted by molar-refractivity contribution is 7.89. The number of rotatable bonds is 6. The largest absolute Gasteiger partial charge is 0.399 e. The Labute approximate surface area is 125 Å². The molecule has 6 nitrogen and oxygen atoms in total. The first-order chi connectivity index (χ1) is 9.94. The number of imidazole rings is 1. The molecule has 0 spiro atoms. The van der Waals surface area contributed by atoms with Crippen LogP contribution in [0.15, 0.2) is 35.5 Å². The summed E-state index contributed by atoms with van der Waals surface area (Å²) >= 11 is 0. The lowest BCUT2D eigenvalue weighted by Crippen LogP contribution is -2.27. The van der Waals surface area contributed by atoms with Crippen molar-refractivity contribution >= 4 is 15.7 Å². The number of nitrogens with zero attached hydrogens (tertiary/aromatic N) is 2. The maximum absolute atomic E-state index is 12.4. The number of sulfonamides is 1. The van der Waals surface area contributed by atoms with Crippen molar-refractivity contribution in [2.75, 3.05) is 12.3 Å². The van der Waals surface area contributed by atoms with E-state index in [0.717, 1.165) is 11.4 Å². The van der Waals surface area contributed by atoms with Gasteiger partial charge in [-0.05, 0) is 24.1 Å². The van der Waals surface area contributed by atoms with Crippen LogP contribution in [0.5, 0.6) is 0 Å². The van der Waals surface area contributed by atoms with Crippen molar-refractivity contribution in [1.29, 1.82) is 0 Å². The van der Waals surface area contributed by atoms with E-state index in [1.807, 2.05) is 24.7 Å². The third-order valence-electron chi connectivity index (χ3n) is 3.32. The molecule has 0 atom stereocenters. The van der Waals surface area contributed by atoms with Crippen molar-refractivity contribution in [3.8, 4) is 0 Å². The van der Waals surface area contributed by atoms with Crippen LogP contribution in [0.25, 0.3) is 0 Å². The minimum absolute atomic E-state index is 0.254. The van der Waals surface area contributed by atoms with Crippen LogP contribution in [0.1, 0.15) is 18.3 Å². The van der Waals surface area contributed by atoms with E-state index in [1.165, 1.54) is 6.07 Å². The average molecular weight is 308 g/mol. The fourth-order valence-corrected chi connectivity index (χ4v) is 3.50. The molecule has 114 valence electrons. The molecule has 1 aromatic heterocycles. The Morgan fingerprint density at radius 2 is 2.14 bits per heavy atom. The Kier molecular flexibility index (Phi) is 4.64. The predicted molar refractivity (Wildman–Crippen MR) is 82.3 cm³/mol. The lowest BCUT2D eigenvalue weighted by Gasteiger charge is -2.11. The van der Waals surface area contributed by atoms with Crippen LogP contribution in [0.2, 0.25) is 0 Å². The van der Waals surface area contributed by atoms with Gasteiger partial charge in [0.2, 0.25) is 10.0 Å². The van der Waals surface area contributed by atoms with Gasteiger partial charge in [0.25, 0.3) is 0 Å². The van der Waals surface area contributed by atoms with E-state index in [0.29, 0.717) is 25.1 Å². The van der Waals surface area contributed by atoms with E-state index in [-0.39, 0.29) is 4.90 Å². The zero-order chi connectivity index (χ0) is 15.5. The Morgan fingerprint density at radius 3 is 2.76 bits per heavy atom. The van der Waals surface area contributed by atoms with Crippen molar-refractivity contribution in [1.82, 2.24) is 14.3 Å². The van der Waals surface area contributed by atoms with Crippen LogP contribution in [0.3, 0.4) is 0 Å². The van der Waals surface area contributed by atoms with Gasteiger partial charge in [-0.1, -0.05) is 13.0 Å². The molecule has 1 aromatic carbocycles. The summed E-state index contributed by atoms with van der Waals surface area (Å²) in [5.74, 6) is 0.834. The molecule has 0 saturated heterocycles. The maximum atomic E-state index is 12.4. The van der Waals surface area contributed by atoms with E-state index in [2.05, 4.69) is 9.71 Å². The Balaban J connectivity index is 2.12. The molecule has 1 heterocycles. The smallest absolute Gasteiger partial charge is 0.240 e. The highest BCUT2D eigenvalue weighted by Gasteiger charge is 2.18. The van der Waals surface area contributed by atoms with Gasteiger partial charge in [0.1, 0.15) is 5.82 Å². The molecule has 0 fully saturated rings. The fourth-order valence-electron chi connectivity index (χ4n) is 2.13. The fraction of sp³-hybridized carbons (Fsp3) is 0.357. The van der Waals surface area contributed by atoms with Gasteiger partial charge in [-0.25, -0.2) is 18.1 Å². The Bertz CT molecular complexity index is 722. The van der Waals surface area contributed by atoms with Crippen LogP contribution < -0.4 is 10.5 Å². The van der Waals surface area contributed by atoms with Crippen LogP contribution in [-0.2, 0) is 29.9 Å². The molecule has 3 N–H and O–H groups in total. The summed E-state index contributed by atoms with van der Waals surface area (Å²) in [7, 11) is -1.68. The van der Waals surface area contributed by atoms with E-state index in [4.69, 9.17) is 5.73 Å². The summed E-state index contributed by atoms with van der Waals surface area (Å²) < 4.78 is 29.2. The number of aryl methyl sites for hydroxylation is 2. The van der Waals surface area contributed by atoms with Crippen molar-refractivity contribution in [2.45, 2.75) is 24.7 Å². The highest BCUT2D eigenvalue weighted by atomic mass is 32.2. The molecule has 2 aromatic rings. The van der Waals surface area contributed by atoms with Gasteiger partial charge in [-0.2, -0.15) is 0 Å². The molecule has 0 bridgehead atoms. The van der Waals surface area contributed by atoms with Gasteiger partial charge in [-0.3, -0.25) is 0 Å². The summed E-state index contributed by atoms with van der Waals surface area (Å²) in [6.45, 7) is 2.21. The second-order valence-corrected chi connectivity index (χ2v) is 6.56. The zero-order valence-electron chi connectivity index (χ0n) is 12.2. The van der Waals surface area contributed by atoms with Crippen LogP contribution in [0, 0.1) is 0 Å². The van der Waals surface area contributed by atoms with Crippen LogP contribution in [0.4, 0.5) is 5.69 Å². The quantitative estimate of drug-likeness (QED) is 0.782. The van der Waals surface area contributed by atoms with Gasteiger partial charge < -0.3 is 10.3 Å². The van der Waals surface area contributed by atoms with Crippen molar-refractivity contribution < 1.29 is 8.42 Å².